The van der Waals surface area contributed by atoms with Gasteiger partial charge in [0.1, 0.15) is 25.3 Å². The van der Waals surface area contributed by atoms with Crippen molar-refractivity contribution in [2.24, 2.45) is 5.73 Å². The first-order valence-corrected chi connectivity index (χ1v) is 10.7. The number of carbonyl (C=O) groups excluding carboxylic acids is 3. The Morgan fingerprint density at radius 2 is 1.41 bits per heavy atom. The highest BCUT2D eigenvalue weighted by molar-refractivity contribution is 5.89. The molecule has 8 nitrogen and oxygen atoms in total. The number of amides is 2. The van der Waals surface area contributed by atoms with Gasteiger partial charge < -0.3 is 25.8 Å². The van der Waals surface area contributed by atoms with Crippen molar-refractivity contribution in [2.75, 3.05) is 6.54 Å². The second-order valence-electron chi connectivity index (χ2n) is 7.37. The third-order valence-corrected chi connectivity index (χ3v) is 4.71. The number of carbonyl (C=O) groups is 3. The minimum atomic E-state index is -0.891. The Morgan fingerprint density at radius 1 is 0.844 bits per heavy atom. The average molecular weight is 442 g/mol. The molecule has 0 saturated carbocycles. The van der Waals surface area contributed by atoms with Crippen LogP contribution in [0, 0.1) is 0 Å². The average Bonchev–Trinajstić information content (AvgIpc) is 2.82. The van der Waals surface area contributed by atoms with Gasteiger partial charge in [0, 0.05) is 0 Å². The molecule has 2 rings (SSSR count). The monoisotopic (exact) mass is 441 g/mol. The minimum Gasteiger partial charge on any atom is -0.459 e. The zero-order valence-corrected chi connectivity index (χ0v) is 18.3. The highest BCUT2D eigenvalue weighted by Crippen LogP contribution is 2.07. The third kappa shape index (κ3) is 9.18. The highest BCUT2D eigenvalue weighted by atomic mass is 16.5. The van der Waals surface area contributed by atoms with Gasteiger partial charge in [0.15, 0.2) is 0 Å². The molecule has 32 heavy (non-hydrogen) atoms. The summed E-state index contributed by atoms with van der Waals surface area (Å²) >= 11 is 0. The van der Waals surface area contributed by atoms with Crippen molar-refractivity contribution in [3.8, 4) is 0 Å². The molecule has 4 N–H and O–H groups in total. The lowest BCUT2D eigenvalue weighted by Crippen LogP contribution is -2.50. The van der Waals surface area contributed by atoms with Crippen LogP contribution in [0.4, 0.5) is 4.79 Å². The molecule has 0 heterocycles. The fourth-order valence-corrected chi connectivity index (χ4v) is 2.87. The van der Waals surface area contributed by atoms with Gasteiger partial charge >= 0.3 is 12.1 Å². The van der Waals surface area contributed by atoms with Gasteiger partial charge in [-0.05, 0) is 43.9 Å². The number of unbranched alkanes of at least 4 members (excludes halogenated alkanes) is 1. The second-order valence-corrected chi connectivity index (χ2v) is 7.37. The van der Waals surface area contributed by atoms with Gasteiger partial charge in [-0.25, -0.2) is 9.59 Å². The molecule has 0 spiro atoms. The number of ether oxygens (including phenoxy) is 2. The molecule has 0 saturated heterocycles. The second kappa shape index (κ2) is 13.8. The van der Waals surface area contributed by atoms with Crippen molar-refractivity contribution in [1.29, 1.82) is 0 Å². The summed E-state index contributed by atoms with van der Waals surface area (Å²) < 4.78 is 10.5. The fourth-order valence-electron chi connectivity index (χ4n) is 2.87. The number of hydrogen-bond acceptors (Lipinski definition) is 6. The Morgan fingerprint density at radius 3 is 1.97 bits per heavy atom. The van der Waals surface area contributed by atoms with E-state index in [1.807, 2.05) is 60.7 Å². The summed E-state index contributed by atoms with van der Waals surface area (Å²) in [6.07, 6.45) is 1.05. The summed E-state index contributed by atoms with van der Waals surface area (Å²) in [4.78, 5) is 37.1. The predicted octanol–water partition coefficient (Wildman–Crippen LogP) is 2.66. The Labute approximate surface area is 188 Å². The molecule has 2 aromatic rings. The Bertz CT molecular complexity index is 845. The molecule has 0 aliphatic carbocycles. The van der Waals surface area contributed by atoms with Gasteiger partial charge in [-0.2, -0.15) is 0 Å². The van der Waals surface area contributed by atoms with E-state index in [2.05, 4.69) is 10.6 Å². The Hall–Kier alpha value is -3.39. The van der Waals surface area contributed by atoms with Crippen molar-refractivity contribution in [2.45, 2.75) is 51.5 Å². The van der Waals surface area contributed by atoms with Crippen LogP contribution in [-0.4, -0.2) is 36.6 Å². The van der Waals surface area contributed by atoms with E-state index in [1.165, 1.54) is 6.92 Å². The lowest BCUT2D eigenvalue weighted by Gasteiger charge is -2.20. The van der Waals surface area contributed by atoms with E-state index in [1.54, 1.807) is 0 Å². The number of nitrogens with one attached hydrogen (secondary N) is 2. The van der Waals surface area contributed by atoms with Crippen LogP contribution < -0.4 is 16.4 Å². The minimum absolute atomic E-state index is 0.0918. The molecule has 0 aliphatic rings. The Kier molecular flexibility index (Phi) is 10.7. The first-order valence-electron chi connectivity index (χ1n) is 10.7. The van der Waals surface area contributed by atoms with Crippen LogP contribution in [0.3, 0.4) is 0 Å². The molecule has 0 aliphatic heterocycles. The van der Waals surface area contributed by atoms with Crippen molar-refractivity contribution >= 4 is 18.0 Å². The summed E-state index contributed by atoms with van der Waals surface area (Å²) in [7, 11) is 0. The summed E-state index contributed by atoms with van der Waals surface area (Å²) in [5.74, 6) is -1.03. The maximum Gasteiger partial charge on any atom is 0.408 e. The summed E-state index contributed by atoms with van der Waals surface area (Å²) in [5, 5.41) is 5.14. The summed E-state index contributed by atoms with van der Waals surface area (Å²) in [5.41, 5.74) is 7.22. The van der Waals surface area contributed by atoms with Gasteiger partial charge in [-0.1, -0.05) is 60.7 Å². The van der Waals surface area contributed by atoms with E-state index in [-0.39, 0.29) is 13.2 Å². The van der Waals surface area contributed by atoms with Gasteiger partial charge in [0.2, 0.25) is 5.91 Å². The van der Waals surface area contributed by atoms with E-state index >= 15 is 0 Å². The van der Waals surface area contributed by atoms with E-state index in [4.69, 9.17) is 15.2 Å². The molecule has 8 heteroatoms. The van der Waals surface area contributed by atoms with Crippen LogP contribution in [0.15, 0.2) is 60.7 Å². The van der Waals surface area contributed by atoms with Crippen molar-refractivity contribution < 1.29 is 23.9 Å². The van der Waals surface area contributed by atoms with E-state index in [9.17, 15) is 14.4 Å². The molecule has 2 amide bonds. The number of benzene rings is 2. The van der Waals surface area contributed by atoms with E-state index in [0.717, 1.165) is 17.5 Å². The van der Waals surface area contributed by atoms with Crippen LogP contribution in [0.1, 0.15) is 37.3 Å². The normalized spacial score (nSPS) is 12.3. The first kappa shape index (κ1) is 24.9. The number of rotatable bonds is 12. The van der Waals surface area contributed by atoms with Crippen molar-refractivity contribution in [3.05, 3.63) is 71.8 Å². The largest absolute Gasteiger partial charge is 0.459 e. The quantitative estimate of drug-likeness (QED) is 0.344. The topological polar surface area (TPSA) is 120 Å². The zero-order valence-electron chi connectivity index (χ0n) is 18.3. The zero-order chi connectivity index (χ0) is 23.2. The lowest BCUT2D eigenvalue weighted by molar-refractivity contribution is -0.149. The maximum absolute atomic E-state index is 12.6. The fraction of sp³-hybridized carbons (Fsp3) is 0.375. The molecule has 0 bridgehead atoms. The van der Waals surface area contributed by atoms with E-state index < -0.39 is 30.1 Å². The number of alkyl carbamates (subject to hydrolysis) is 1. The summed E-state index contributed by atoms with van der Waals surface area (Å²) in [6.45, 7) is 2.22. The third-order valence-electron chi connectivity index (χ3n) is 4.71. The molecule has 172 valence electrons. The van der Waals surface area contributed by atoms with Gasteiger partial charge in [-0.3, -0.25) is 4.79 Å². The van der Waals surface area contributed by atoms with E-state index in [0.29, 0.717) is 19.4 Å². The molecule has 0 radical (unpaired) electrons. The standard InChI is InChI=1S/C24H31N3O5/c1-18(26-24(30)32-17-20-12-6-3-7-13-20)22(28)27-21(14-8-9-15-25)23(29)31-16-19-10-4-2-5-11-19/h2-7,10-13,18,21H,8-9,14-17,25H2,1H3,(H,26,30)(H,27,28)/t18-,21-/m0/s1. The van der Waals surface area contributed by atoms with Crippen molar-refractivity contribution in [3.63, 3.8) is 0 Å². The van der Waals surface area contributed by atoms with Crippen LogP contribution in [-0.2, 0) is 32.3 Å². The highest BCUT2D eigenvalue weighted by Gasteiger charge is 2.25. The maximum atomic E-state index is 12.6. The van der Waals surface area contributed by atoms with Crippen LogP contribution in [0.5, 0.6) is 0 Å². The molecule has 2 aromatic carbocycles. The predicted molar refractivity (Wildman–Crippen MR) is 120 cm³/mol. The molecule has 2 atom stereocenters. The number of hydrogen-bond donors (Lipinski definition) is 3. The van der Waals surface area contributed by atoms with Gasteiger partial charge in [-0.15, -0.1) is 0 Å². The molecule has 0 fully saturated rings. The Balaban J connectivity index is 1.85. The summed E-state index contributed by atoms with van der Waals surface area (Å²) in [6, 6.07) is 16.8. The van der Waals surface area contributed by atoms with Crippen LogP contribution in [0.25, 0.3) is 0 Å². The molecule has 0 aromatic heterocycles. The number of esters is 1. The molecule has 0 unspecified atom stereocenters. The smallest absolute Gasteiger partial charge is 0.408 e. The molecular weight excluding hydrogens is 410 g/mol. The SMILES string of the molecule is C[C@H](NC(=O)OCc1ccccc1)C(=O)N[C@@H](CCCCN)C(=O)OCc1ccccc1. The van der Waals surface area contributed by atoms with Crippen LogP contribution >= 0.6 is 0 Å². The first-order chi connectivity index (χ1) is 15.5. The van der Waals surface area contributed by atoms with Crippen molar-refractivity contribution in [1.82, 2.24) is 10.6 Å². The van der Waals surface area contributed by atoms with Gasteiger partial charge in [0.25, 0.3) is 0 Å². The van der Waals surface area contributed by atoms with Gasteiger partial charge in [0.05, 0.1) is 0 Å². The number of nitrogens with two attached hydrogens (primary N) is 1. The van der Waals surface area contributed by atoms with Crippen LogP contribution in [0.2, 0.25) is 0 Å². The lowest BCUT2D eigenvalue weighted by atomic mass is 10.1. The molecular formula is C24H31N3O5.